The van der Waals surface area contributed by atoms with Crippen molar-refractivity contribution in [3.05, 3.63) is 68.6 Å². The molecule has 8 heteroatoms. The van der Waals surface area contributed by atoms with Crippen molar-refractivity contribution in [2.24, 2.45) is 0 Å². The second kappa shape index (κ2) is 7.40. The van der Waals surface area contributed by atoms with Gasteiger partial charge in [-0.3, -0.25) is 20.2 Å². The molecular formula is C20H17N3O4S. The first-order valence-corrected chi connectivity index (χ1v) is 9.64. The first-order valence-electron chi connectivity index (χ1n) is 8.76. The minimum atomic E-state index is -0.578. The van der Waals surface area contributed by atoms with Crippen molar-refractivity contribution in [3.63, 3.8) is 0 Å². The molecule has 0 saturated carbocycles. The van der Waals surface area contributed by atoms with Crippen molar-refractivity contribution in [3.8, 4) is 17.0 Å². The largest absolute Gasteiger partial charge is 0.490 e. The fourth-order valence-corrected chi connectivity index (χ4v) is 4.05. The van der Waals surface area contributed by atoms with Crippen molar-refractivity contribution in [1.29, 1.82) is 0 Å². The molecule has 1 amide bonds. The Bertz CT molecular complexity index is 1080. The molecule has 0 aliphatic heterocycles. The highest BCUT2D eigenvalue weighted by atomic mass is 32.1. The smallest absolute Gasteiger partial charge is 0.311 e. The van der Waals surface area contributed by atoms with E-state index in [4.69, 9.17) is 4.74 Å². The summed E-state index contributed by atoms with van der Waals surface area (Å²) in [4.78, 5) is 27.5. The number of rotatable bonds is 5. The molecule has 1 N–H and O–H groups in total. The van der Waals surface area contributed by atoms with E-state index >= 15 is 0 Å². The van der Waals surface area contributed by atoms with Crippen LogP contribution in [-0.2, 0) is 12.8 Å². The third-order valence-corrected chi connectivity index (χ3v) is 5.51. The number of anilines is 1. The van der Waals surface area contributed by atoms with Gasteiger partial charge in [-0.25, -0.2) is 4.98 Å². The molecule has 1 aliphatic rings. The third-order valence-electron chi connectivity index (χ3n) is 4.76. The van der Waals surface area contributed by atoms with Crippen molar-refractivity contribution in [2.75, 3.05) is 12.4 Å². The van der Waals surface area contributed by atoms with E-state index in [1.165, 1.54) is 54.2 Å². The zero-order chi connectivity index (χ0) is 19.7. The zero-order valence-corrected chi connectivity index (χ0v) is 15.9. The molecule has 2 aromatic carbocycles. The predicted octanol–water partition coefficient (Wildman–Crippen LogP) is 4.47. The van der Waals surface area contributed by atoms with Crippen LogP contribution in [0.5, 0.6) is 5.75 Å². The van der Waals surface area contributed by atoms with Gasteiger partial charge in [0.1, 0.15) is 0 Å². The number of hydrogen-bond donors (Lipinski definition) is 1. The molecule has 28 heavy (non-hydrogen) atoms. The number of hydrogen-bond acceptors (Lipinski definition) is 6. The Morgan fingerprint density at radius 3 is 2.82 bits per heavy atom. The van der Waals surface area contributed by atoms with Gasteiger partial charge in [0.05, 0.1) is 17.7 Å². The Balaban J connectivity index is 1.53. The van der Waals surface area contributed by atoms with Crippen LogP contribution >= 0.6 is 11.3 Å². The molecule has 1 aromatic heterocycles. The average Bonchev–Trinajstić information content (AvgIpc) is 3.35. The van der Waals surface area contributed by atoms with Crippen LogP contribution in [0, 0.1) is 10.1 Å². The standard InChI is InChI=1S/C20H17N3O4S/c1-27-18-8-7-15(10-17(18)23(25)26)19(24)22-20-21-16(11-28-20)14-6-5-12-3-2-4-13(12)9-14/h5-11H,2-4H2,1H3,(H,21,22,24). The summed E-state index contributed by atoms with van der Waals surface area (Å²) in [5.41, 5.74) is 4.50. The van der Waals surface area contributed by atoms with Gasteiger partial charge in [0.15, 0.2) is 10.9 Å². The Labute approximate surface area is 165 Å². The summed E-state index contributed by atoms with van der Waals surface area (Å²) in [6.45, 7) is 0. The summed E-state index contributed by atoms with van der Waals surface area (Å²) in [7, 11) is 1.35. The Kier molecular flexibility index (Phi) is 4.79. The lowest BCUT2D eigenvalue weighted by atomic mass is 10.1. The van der Waals surface area contributed by atoms with Crippen LogP contribution < -0.4 is 10.1 Å². The quantitative estimate of drug-likeness (QED) is 0.508. The van der Waals surface area contributed by atoms with Gasteiger partial charge in [-0.2, -0.15) is 0 Å². The number of methoxy groups -OCH3 is 1. The molecule has 0 atom stereocenters. The van der Waals surface area contributed by atoms with Crippen LogP contribution in [0.3, 0.4) is 0 Å². The number of nitrogens with zero attached hydrogens (tertiary/aromatic N) is 2. The van der Waals surface area contributed by atoms with Crippen LogP contribution in [0.25, 0.3) is 11.3 Å². The van der Waals surface area contributed by atoms with E-state index < -0.39 is 10.8 Å². The highest BCUT2D eigenvalue weighted by Crippen LogP contribution is 2.31. The van der Waals surface area contributed by atoms with Crippen LogP contribution in [0.2, 0.25) is 0 Å². The maximum atomic E-state index is 12.5. The summed E-state index contributed by atoms with van der Waals surface area (Å²) < 4.78 is 4.96. The van der Waals surface area contributed by atoms with E-state index in [0.29, 0.717) is 5.13 Å². The Morgan fingerprint density at radius 2 is 2.04 bits per heavy atom. The topological polar surface area (TPSA) is 94.4 Å². The van der Waals surface area contributed by atoms with Crippen LogP contribution in [0.4, 0.5) is 10.8 Å². The number of carbonyl (C=O) groups is 1. The minimum absolute atomic E-state index is 0.106. The molecule has 0 radical (unpaired) electrons. The van der Waals surface area contributed by atoms with E-state index in [0.717, 1.165) is 24.1 Å². The van der Waals surface area contributed by atoms with E-state index in [-0.39, 0.29) is 17.0 Å². The molecule has 3 aromatic rings. The second-order valence-electron chi connectivity index (χ2n) is 6.47. The first kappa shape index (κ1) is 18.1. The van der Waals surface area contributed by atoms with Gasteiger partial charge >= 0.3 is 5.69 Å². The fraction of sp³-hybridized carbons (Fsp3) is 0.200. The number of aromatic nitrogens is 1. The molecule has 0 fully saturated rings. The fourth-order valence-electron chi connectivity index (χ4n) is 3.34. The summed E-state index contributed by atoms with van der Waals surface area (Å²) in [5.74, 6) is -0.352. The molecular weight excluding hydrogens is 378 g/mol. The van der Waals surface area contributed by atoms with Crippen LogP contribution in [0.15, 0.2) is 41.8 Å². The van der Waals surface area contributed by atoms with Crippen molar-refractivity contribution < 1.29 is 14.5 Å². The number of thiazole rings is 1. The van der Waals surface area contributed by atoms with Crippen molar-refractivity contribution >= 4 is 28.1 Å². The molecule has 0 unspecified atom stereocenters. The molecule has 0 bridgehead atoms. The number of benzene rings is 2. The number of nitro benzene ring substituents is 1. The maximum absolute atomic E-state index is 12.5. The molecule has 1 aliphatic carbocycles. The lowest BCUT2D eigenvalue weighted by Gasteiger charge is -2.05. The van der Waals surface area contributed by atoms with Gasteiger partial charge in [-0.1, -0.05) is 12.1 Å². The summed E-state index contributed by atoms with van der Waals surface area (Å²) in [6, 6.07) is 10.4. The highest BCUT2D eigenvalue weighted by Gasteiger charge is 2.19. The summed E-state index contributed by atoms with van der Waals surface area (Å²) >= 11 is 1.32. The number of nitro groups is 1. The lowest BCUT2D eigenvalue weighted by molar-refractivity contribution is -0.385. The predicted molar refractivity (Wildman–Crippen MR) is 107 cm³/mol. The number of carbonyl (C=O) groups excluding carboxylic acids is 1. The Morgan fingerprint density at radius 1 is 1.21 bits per heavy atom. The second-order valence-corrected chi connectivity index (χ2v) is 7.33. The van der Waals surface area contributed by atoms with E-state index in [2.05, 4.69) is 28.5 Å². The highest BCUT2D eigenvalue weighted by molar-refractivity contribution is 7.14. The van der Waals surface area contributed by atoms with Gasteiger partial charge in [0.2, 0.25) is 0 Å². The summed E-state index contributed by atoms with van der Waals surface area (Å²) in [5, 5.41) is 16.2. The first-order chi connectivity index (χ1) is 13.5. The van der Waals surface area contributed by atoms with Gasteiger partial charge < -0.3 is 4.74 Å². The molecule has 0 spiro atoms. The molecule has 4 rings (SSSR count). The maximum Gasteiger partial charge on any atom is 0.311 e. The van der Waals surface area contributed by atoms with Crippen LogP contribution in [-0.4, -0.2) is 22.9 Å². The minimum Gasteiger partial charge on any atom is -0.490 e. The molecule has 1 heterocycles. The van der Waals surface area contributed by atoms with Crippen molar-refractivity contribution in [1.82, 2.24) is 4.98 Å². The lowest BCUT2D eigenvalue weighted by Crippen LogP contribution is -2.12. The van der Waals surface area contributed by atoms with E-state index in [1.807, 2.05) is 5.38 Å². The van der Waals surface area contributed by atoms with Gasteiger partial charge in [0, 0.05) is 22.6 Å². The average molecular weight is 395 g/mol. The van der Waals surface area contributed by atoms with Gasteiger partial charge in [0.25, 0.3) is 5.91 Å². The zero-order valence-electron chi connectivity index (χ0n) is 15.1. The molecule has 142 valence electrons. The third kappa shape index (κ3) is 3.46. The molecule has 7 nitrogen and oxygen atoms in total. The number of aryl methyl sites for hydroxylation is 2. The number of ether oxygens (including phenoxy) is 1. The normalized spacial score (nSPS) is 12.5. The SMILES string of the molecule is COc1ccc(C(=O)Nc2nc(-c3ccc4c(c3)CCC4)cs2)cc1[N+](=O)[O-]. The number of fused-ring (bicyclic) bond motifs is 1. The van der Waals surface area contributed by atoms with Gasteiger partial charge in [-0.05, 0) is 48.6 Å². The Hall–Kier alpha value is -3.26. The van der Waals surface area contributed by atoms with Gasteiger partial charge in [-0.15, -0.1) is 11.3 Å². The summed E-state index contributed by atoms with van der Waals surface area (Å²) in [6.07, 6.45) is 3.40. The van der Waals surface area contributed by atoms with E-state index in [9.17, 15) is 14.9 Å². The van der Waals surface area contributed by atoms with Crippen LogP contribution in [0.1, 0.15) is 27.9 Å². The van der Waals surface area contributed by atoms with Crippen molar-refractivity contribution in [2.45, 2.75) is 19.3 Å². The number of amides is 1. The molecule has 0 saturated heterocycles. The number of nitrogens with one attached hydrogen (secondary N) is 1. The van der Waals surface area contributed by atoms with E-state index in [1.54, 1.807) is 0 Å². The monoisotopic (exact) mass is 395 g/mol.